The van der Waals surface area contributed by atoms with Crippen LogP contribution in [-0.2, 0) is 20.1 Å². The van der Waals surface area contributed by atoms with E-state index in [1.165, 1.54) is 16.5 Å². The van der Waals surface area contributed by atoms with Gasteiger partial charge < -0.3 is 14.4 Å². The molecule has 4 heterocycles. The number of fused-ring (bicyclic) bond motifs is 6. The molecule has 14 rings (SSSR count). The van der Waals surface area contributed by atoms with E-state index in [4.69, 9.17) is 9.97 Å². The van der Waals surface area contributed by atoms with Gasteiger partial charge in [0.05, 0.1) is 5.65 Å². The Morgan fingerprint density at radius 1 is 0.338 bits per heavy atom. The third-order valence-corrected chi connectivity index (χ3v) is 15.5. The standard InChI is InChI=1S/C75H49N4.Ir/c1-49-50(2)79-74-26-13-12-24-69(74)71-47-59(39-40-70(71)75(79)78-49)65-20-8-11-23-68(65)62-45-60(66-21-9-6-18-63(66)54-31-35-56(36-32-54)72-25-14-15-42-76-72)44-61(46-62)67-22-10-7-19-64(67)55-33-37-57(38-34-55)73-48-58(41-43-77-73)53-29-27-52(28-30-53)51-16-4-3-5-17-51;/h3-35,37,39,41-48H,1-2H3;/q-3;+3. The zero-order chi connectivity index (χ0) is 52.8. The van der Waals surface area contributed by atoms with Crippen molar-refractivity contribution in [3.8, 4) is 112 Å². The number of hydrogen-bond donors (Lipinski definition) is 0. The molecule has 0 saturated heterocycles. The molecule has 4 aromatic heterocycles. The molecule has 5 heteroatoms. The van der Waals surface area contributed by atoms with Gasteiger partial charge >= 0.3 is 20.1 Å². The van der Waals surface area contributed by atoms with Gasteiger partial charge in [0.2, 0.25) is 0 Å². The summed E-state index contributed by atoms with van der Waals surface area (Å²) in [6.07, 6.45) is 3.72. The average Bonchev–Trinajstić information content (AvgIpc) is 4.04. The molecule has 0 fully saturated rings. The number of nitrogens with zero attached hydrogens (tertiary/aromatic N) is 4. The van der Waals surface area contributed by atoms with E-state index >= 15 is 0 Å². The Morgan fingerprint density at radius 2 is 0.812 bits per heavy atom. The average molecular weight is 1200 g/mol. The molecule has 0 bridgehead atoms. The van der Waals surface area contributed by atoms with Crippen LogP contribution in [0.5, 0.6) is 0 Å². The van der Waals surface area contributed by atoms with E-state index in [2.05, 4.69) is 266 Å². The fourth-order valence-corrected chi connectivity index (χ4v) is 11.3. The summed E-state index contributed by atoms with van der Waals surface area (Å²) in [6.45, 7) is 4.24. The Kier molecular flexibility index (Phi) is 13.3. The zero-order valence-electron chi connectivity index (χ0n) is 43.9. The second-order valence-electron chi connectivity index (χ2n) is 20.1. The van der Waals surface area contributed by atoms with Gasteiger partial charge in [0, 0.05) is 29.3 Å². The van der Waals surface area contributed by atoms with Crippen LogP contribution in [0.2, 0.25) is 0 Å². The third-order valence-electron chi connectivity index (χ3n) is 15.5. The minimum atomic E-state index is 0. The quantitative estimate of drug-likeness (QED) is 0.101. The van der Waals surface area contributed by atoms with Crippen molar-refractivity contribution in [1.29, 1.82) is 0 Å². The smallest absolute Gasteiger partial charge is 0.337 e. The first-order valence-electron chi connectivity index (χ1n) is 26.7. The maximum absolute atomic E-state index is 5.07. The molecular formula is C75H49IrN4. The van der Waals surface area contributed by atoms with Crippen molar-refractivity contribution < 1.29 is 20.1 Å². The van der Waals surface area contributed by atoms with Gasteiger partial charge in [-0.25, -0.2) is 0 Å². The molecule has 0 radical (unpaired) electrons. The zero-order valence-corrected chi connectivity index (χ0v) is 46.3. The second kappa shape index (κ2) is 21.3. The molecule has 0 saturated carbocycles. The van der Waals surface area contributed by atoms with Gasteiger partial charge in [-0.1, -0.05) is 203 Å². The SMILES string of the molecule is Cc1nc2c3[c-]cc(-c4ccccc4-c4cc(-c5ccccc5-c5c[c-]c(-c6ccccn6)cc5)cc(-c5ccccc5-c5c[c-]c(-c6cc(-c7ccc(-c8ccccc8)cc7)ccn6)cc5)c4)cc3c3ccccc3n2c1C.[Ir+3]. The second-order valence-corrected chi connectivity index (χ2v) is 20.1. The number of aryl methyl sites for hydroxylation is 2. The summed E-state index contributed by atoms with van der Waals surface area (Å²) < 4.78 is 2.28. The molecule has 14 aromatic rings. The van der Waals surface area contributed by atoms with Crippen molar-refractivity contribution in [2.24, 2.45) is 0 Å². The number of rotatable bonds is 10. The number of benzene rings is 10. The maximum Gasteiger partial charge on any atom is 3.00 e. The summed E-state index contributed by atoms with van der Waals surface area (Å²) in [5, 5.41) is 3.31. The minimum absolute atomic E-state index is 0. The monoisotopic (exact) mass is 1200 g/mol. The van der Waals surface area contributed by atoms with Gasteiger partial charge in [0.1, 0.15) is 0 Å². The van der Waals surface area contributed by atoms with Crippen LogP contribution < -0.4 is 0 Å². The van der Waals surface area contributed by atoms with Crippen LogP contribution >= 0.6 is 0 Å². The number of aromatic nitrogens is 4. The van der Waals surface area contributed by atoms with E-state index in [1.807, 2.05) is 36.7 Å². The number of para-hydroxylation sites is 1. The van der Waals surface area contributed by atoms with Crippen LogP contribution in [0.4, 0.5) is 0 Å². The van der Waals surface area contributed by atoms with Crippen molar-refractivity contribution in [1.82, 2.24) is 19.4 Å². The van der Waals surface area contributed by atoms with Gasteiger partial charge in [-0.3, -0.25) is 4.98 Å². The molecule has 0 amide bonds. The van der Waals surface area contributed by atoms with Crippen LogP contribution in [0.25, 0.3) is 139 Å². The van der Waals surface area contributed by atoms with Crippen molar-refractivity contribution >= 4 is 27.3 Å². The summed E-state index contributed by atoms with van der Waals surface area (Å²) >= 11 is 0. The van der Waals surface area contributed by atoms with Crippen molar-refractivity contribution in [2.75, 3.05) is 0 Å². The third kappa shape index (κ3) is 9.23. The van der Waals surface area contributed by atoms with E-state index in [1.54, 1.807) is 0 Å². The number of imidazole rings is 1. The van der Waals surface area contributed by atoms with Gasteiger partial charge in [0.25, 0.3) is 0 Å². The first kappa shape index (κ1) is 49.9. The van der Waals surface area contributed by atoms with Crippen LogP contribution in [0, 0.1) is 32.0 Å². The molecule has 0 aliphatic heterocycles. The van der Waals surface area contributed by atoms with E-state index in [0.717, 1.165) is 134 Å². The maximum atomic E-state index is 5.07. The molecule has 4 nitrogen and oxygen atoms in total. The van der Waals surface area contributed by atoms with E-state index in [9.17, 15) is 0 Å². The normalized spacial score (nSPS) is 11.3. The first-order valence-corrected chi connectivity index (χ1v) is 26.7. The molecule has 378 valence electrons. The Morgan fingerprint density at radius 3 is 1.39 bits per heavy atom. The van der Waals surface area contributed by atoms with Crippen LogP contribution in [0.15, 0.2) is 261 Å². The molecule has 0 unspecified atom stereocenters. The van der Waals surface area contributed by atoms with Crippen LogP contribution in [0.1, 0.15) is 11.4 Å². The Balaban J connectivity index is 0.00000605. The van der Waals surface area contributed by atoms with Crippen LogP contribution in [-0.4, -0.2) is 19.4 Å². The van der Waals surface area contributed by atoms with Gasteiger partial charge in [-0.05, 0) is 123 Å². The summed E-state index contributed by atoms with van der Waals surface area (Å²) in [4.78, 5) is 14.5. The predicted molar refractivity (Wildman–Crippen MR) is 326 cm³/mol. The summed E-state index contributed by atoms with van der Waals surface area (Å²) in [6, 6.07) is 99.6. The molecule has 10 aromatic carbocycles. The summed E-state index contributed by atoms with van der Waals surface area (Å²) in [5.74, 6) is 0. The van der Waals surface area contributed by atoms with Gasteiger partial charge in [-0.15, -0.1) is 83.2 Å². The fraction of sp³-hybridized carbons (Fsp3) is 0.0267. The minimum Gasteiger partial charge on any atom is -0.337 e. The van der Waals surface area contributed by atoms with Crippen LogP contribution in [0.3, 0.4) is 0 Å². The molecule has 80 heavy (non-hydrogen) atoms. The van der Waals surface area contributed by atoms with Crippen molar-refractivity contribution in [3.63, 3.8) is 0 Å². The molecule has 0 aliphatic rings. The summed E-state index contributed by atoms with van der Waals surface area (Å²) in [5.41, 5.74) is 25.8. The van der Waals surface area contributed by atoms with E-state index in [0.29, 0.717) is 0 Å². The molecular weight excluding hydrogens is 1150 g/mol. The fourth-order valence-electron chi connectivity index (χ4n) is 11.3. The Labute approximate surface area is 479 Å². The van der Waals surface area contributed by atoms with Gasteiger partial charge in [-0.2, -0.15) is 0 Å². The van der Waals surface area contributed by atoms with E-state index < -0.39 is 0 Å². The molecule has 0 aliphatic carbocycles. The predicted octanol–water partition coefficient (Wildman–Crippen LogP) is 19.1. The largest absolute Gasteiger partial charge is 3.00 e. The number of hydrogen-bond acceptors (Lipinski definition) is 3. The Bertz CT molecular complexity index is 4580. The molecule has 0 atom stereocenters. The van der Waals surface area contributed by atoms with Crippen molar-refractivity contribution in [3.05, 3.63) is 291 Å². The molecule has 0 spiro atoms. The van der Waals surface area contributed by atoms with E-state index in [-0.39, 0.29) is 20.1 Å². The van der Waals surface area contributed by atoms with Gasteiger partial charge in [0.15, 0.2) is 0 Å². The summed E-state index contributed by atoms with van der Waals surface area (Å²) in [7, 11) is 0. The Hall–Kier alpha value is -9.64. The first-order chi connectivity index (χ1) is 39.0. The molecule has 0 N–H and O–H groups in total. The van der Waals surface area contributed by atoms with Crippen molar-refractivity contribution in [2.45, 2.75) is 13.8 Å². The topological polar surface area (TPSA) is 43.1 Å². The number of pyridine rings is 3.